The van der Waals surface area contributed by atoms with Gasteiger partial charge in [-0.1, -0.05) is 0 Å². The van der Waals surface area contributed by atoms with Crippen LogP contribution in [0.4, 0.5) is 4.39 Å². The predicted octanol–water partition coefficient (Wildman–Crippen LogP) is 2.99. The Labute approximate surface area is 140 Å². The lowest BCUT2D eigenvalue weighted by Gasteiger charge is -2.32. The van der Waals surface area contributed by atoms with Gasteiger partial charge in [-0.25, -0.2) is 14.1 Å². The van der Waals surface area contributed by atoms with Crippen molar-refractivity contribution in [1.29, 1.82) is 0 Å². The SMILES string of the molecule is CC(=C(F)B1OC(C)(C)C(C)(C)O1)c1cnn(-c2cnccn2)c1. The van der Waals surface area contributed by atoms with Crippen LogP contribution >= 0.6 is 0 Å². The molecule has 6 nitrogen and oxygen atoms in total. The van der Waals surface area contributed by atoms with Gasteiger partial charge in [0.15, 0.2) is 5.82 Å². The van der Waals surface area contributed by atoms with Crippen LogP contribution in [-0.4, -0.2) is 38.1 Å². The maximum Gasteiger partial charge on any atom is 0.525 e. The minimum Gasteiger partial charge on any atom is -0.398 e. The molecule has 0 bridgehead atoms. The zero-order valence-electron chi connectivity index (χ0n) is 14.4. The van der Waals surface area contributed by atoms with Crippen LogP contribution in [0.2, 0.25) is 0 Å². The topological polar surface area (TPSA) is 62.1 Å². The Hall–Kier alpha value is -2.06. The van der Waals surface area contributed by atoms with Gasteiger partial charge in [-0.3, -0.25) is 4.98 Å². The average Bonchev–Trinajstić information content (AvgIpc) is 3.10. The molecular formula is C16H20BFN4O2. The number of hydrogen-bond acceptors (Lipinski definition) is 5. The molecule has 2 aromatic heterocycles. The lowest BCUT2D eigenvalue weighted by molar-refractivity contribution is 0.00578. The van der Waals surface area contributed by atoms with Crippen LogP contribution in [0.15, 0.2) is 36.7 Å². The minimum atomic E-state index is -1.02. The van der Waals surface area contributed by atoms with Gasteiger partial charge in [-0.15, -0.1) is 0 Å². The number of allylic oxidation sites excluding steroid dienone is 1. The lowest BCUT2D eigenvalue weighted by atomic mass is 9.84. The highest BCUT2D eigenvalue weighted by Gasteiger charge is 2.53. The summed E-state index contributed by atoms with van der Waals surface area (Å²) in [7, 11) is -1.02. The zero-order chi connectivity index (χ0) is 17.5. The molecule has 8 heteroatoms. The van der Waals surface area contributed by atoms with E-state index in [1.54, 1.807) is 42.6 Å². The zero-order valence-corrected chi connectivity index (χ0v) is 14.4. The van der Waals surface area contributed by atoms with Crippen molar-refractivity contribution in [2.45, 2.75) is 45.8 Å². The number of rotatable bonds is 3. The summed E-state index contributed by atoms with van der Waals surface area (Å²) in [6.45, 7) is 9.24. The van der Waals surface area contributed by atoms with E-state index in [2.05, 4.69) is 15.1 Å². The quantitative estimate of drug-likeness (QED) is 0.810. The lowest BCUT2D eigenvalue weighted by Crippen LogP contribution is -2.41. The Morgan fingerprint density at radius 3 is 2.38 bits per heavy atom. The van der Waals surface area contributed by atoms with E-state index in [4.69, 9.17) is 9.31 Å². The van der Waals surface area contributed by atoms with E-state index in [1.807, 2.05) is 27.7 Å². The number of halogens is 1. The van der Waals surface area contributed by atoms with E-state index in [0.717, 1.165) is 0 Å². The molecule has 0 unspecified atom stereocenters. The highest BCUT2D eigenvalue weighted by molar-refractivity contribution is 6.55. The molecule has 0 aliphatic carbocycles. The van der Waals surface area contributed by atoms with Crippen molar-refractivity contribution in [3.8, 4) is 5.82 Å². The van der Waals surface area contributed by atoms with Gasteiger partial charge in [-0.05, 0) is 40.2 Å². The van der Waals surface area contributed by atoms with Crippen LogP contribution in [-0.2, 0) is 9.31 Å². The van der Waals surface area contributed by atoms with Crippen molar-refractivity contribution in [3.05, 3.63) is 42.3 Å². The van der Waals surface area contributed by atoms with E-state index in [0.29, 0.717) is 17.0 Å². The normalized spacial score (nSPS) is 20.2. The van der Waals surface area contributed by atoms with E-state index >= 15 is 0 Å². The third-order valence-corrected chi connectivity index (χ3v) is 4.62. The molecule has 0 spiro atoms. The first-order valence-electron chi connectivity index (χ1n) is 7.74. The Morgan fingerprint density at radius 1 is 1.12 bits per heavy atom. The second-order valence-corrected chi connectivity index (χ2v) is 6.80. The van der Waals surface area contributed by atoms with Crippen molar-refractivity contribution in [2.24, 2.45) is 0 Å². The average molecular weight is 330 g/mol. The van der Waals surface area contributed by atoms with E-state index < -0.39 is 24.0 Å². The summed E-state index contributed by atoms with van der Waals surface area (Å²) >= 11 is 0. The van der Waals surface area contributed by atoms with Gasteiger partial charge < -0.3 is 9.31 Å². The minimum absolute atomic E-state index is 0.420. The smallest absolute Gasteiger partial charge is 0.398 e. The summed E-state index contributed by atoms with van der Waals surface area (Å²) in [6, 6.07) is 0. The van der Waals surface area contributed by atoms with Gasteiger partial charge in [0, 0.05) is 24.2 Å². The molecule has 0 radical (unpaired) electrons. The third kappa shape index (κ3) is 2.87. The molecular weight excluding hydrogens is 310 g/mol. The highest BCUT2D eigenvalue weighted by atomic mass is 19.1. The van der Waals surface area contributed by atoms with Crippen molar-refractivity contribution in [1.82, 2.24) is 19.7 Å². The second kappa shape index (κ2) is 5.79. The van der Waals surface area contributed by atoms with Gasteiger partial charge in [0.1, 0.15) is 5.73 Å². The summed E-state index contributed by atoms with van der Waals surface area (Å²) in [6.07, 6.45) is 8.01. The standard InChI is InChI=1S/C16H20BFN4O2/c1-11(14(18)17-23-15(2,3)16(4,5)24-17)12-8-21-22(10-12)13-9-19-6-7-20-13/h6-10H,1-5H3. The Balaban J connectivity index is 1.87. The largest absolute Gasteiger partial charge is 0.525 e. The summed E-state index contributed by atoms with van der Waals surface area (Å²) in [4.78, 5) is 8.16. The Morgan fingerprint density at radius 2 is 1.79 bits per heavy atom. The molecule has 0 aromatic carbocycles. The maximum absolute atomic E-state index is 14.9. The van der Waals surface area contributed by atoms with Gasteiger partial charge in [0.2, 0.25) is 0 Å². The van der Waals surface area contributed by atoms with E-state index in [9.17, 15) is 4.39 Å². The van der Waals surface area contributed by atoms with Crippen LogP contribution in [0.3, 0.4) is 0 Å². The number of nitrogens with zero attached hydrogens (tertiary/aromatic N) is 4. The fourth-order valence-corrected chi connectivity index (χ4v) is 2.31. The molecule has 126 valence electrons. The van der Waals surface area contributed by atoms with Gasteiger partial charge >= 0.3 is 7.12 Å². The second-order valence-electron chi connectivity index (χ2n) is 6.80. The maximum atomic E-state index is 14.9. The molecule has 0 amide bonds. The molecule has 0 saturated carbocycles. The van der Waals surface area contributed by atoms with Crippen LogP contribution < -0.4 is 0 Å². The van der Waals surface area contributed by atoms with Crippen molar-refractivity contribution in [2.75, 3.05) is 0 Å². The molecule has 1 fully saturated rings. The first-order valence-corrected chi connectivity index (χ1v) is 7.74. The molecule has 2 aromatic rings. The summed E-state index contributed by atoms with van der Waals surface area (Å²) in [5.74, 6) is 0.563. The predicted molar refractivity (Wildman–Crippen MR) is 88.9 cm³/mol. The van der Waals surface area contributed by atoms with Gasteiger partial charge in [-0.2, -0.15) is 5.10 Å². The molecule has 24 heavy (non-hydrogen) atoms. The summed E-state index contributed by atoms with van der Waals surface area (Å²) < 4.78 is 27.9. The Kier molecular flexibility index (Phi) is 4.05. The van der Waals surface area contributed by atoms with Gasteiger partial charge in [0.05, 0.1) is 23.6 Å². The van der Waals surface area contributed by atoms with Crippen molar-refractivity contribution >= 4 is 12.7 Å². The first-order chi connectivity index (χ1) is 11.2. The Bertz CT molecular complexity index is 757. The van der Waals surface area contributed by atoms with Crippen LogP contribution in [0.5, 0.6) is 0 Å². The fourth-order valence-electron chi connectivity index (χ4n) is 2.31. The third-order valence-electron chi connectivity index (χ3n) is 4.62. The van der Waals surface area contributed by atoms with E-state index in [-0.39, 0.29) is 0 Å². The van der Waals surface area contributed by atoms with Crippen LogP contribution in [0.25, 0.3) is 11.4 Å². The molecule has 3 rings (SSSR count). The summed E-state index contributed by atoms with van der Waals surface area (Å²) in [5.41, 5.74) is -0.568. The van der Waals surface area contributed by atoms with Crippen molar-refractivity contribution < 1.29 is 13.7 Å². The fraction of sp³-hybridized carbons (Fsp3) is 0.438. The first kappa shape index (κ1) is 16.8. The van der Waals surface area contributed by atoms with Crippen LogP contribution in [0.1, 0.15) is 40.2 Å². The molecule has 3 heterocycles. The molecule has 1 aliphatic heterocycles. The van der Waals surface area contributed by atoms with Crippen LogP contribution in [0, 0.1) is 0 Å². The summed E-state index contributed by atoms with van der Waals surface area (Å²) in [5, 5.41) is 4.21. The van der Waals surface area contributed by atoms with Crippen molar-refractivity contribution in [3.63, 3.8) is 0 Å². The number of hydrogen-bond donors (Lipinski definition) is 0. The van der Waals surface area contributed by atoms with Gasteiger partial charge in [0.25, 0.3) is 0 Å². The molecule has 1 saturated heterocycles. The highest BCUT2D eigenvalue weighted by Crippen LogP contribution is 2.40. The number of aromatic nitrogens is 4. The molecule has 0 N–H and O–H groups in total. The monoisotopic (exact) mass is 330 g/mol. The van der Waals surface area contributed by atoms with E-state index in [1.165, 1.54) is 0 Å². The molecule has 0 atom stereocenters. The molecule has 1 aliphatic rings.